The van der Waals surface area contributed by atoms with Crippen LogP contribution in [0.4, 0.5) is 5.95 Å². The van der Waals surface area contributed by atoms with Gasteiger partial charge in [0.2, 0.25) is 5.95 Å². The molecular weight excluding hydrogens is 266 g/mol. The number of aliphatic hydroxyl groups is 2. The summed E-state index contributed by atoms with van der Waals surface area (Å²) in [5.41, 5.74) is 6.82. The second kappa shape index (κ2) is 5.16. The Morgan fingerprint density at radius 3 is 2.48 bits per heavy atom. The van der Waals surface area contributed by atoms with Gasteiger partial charge in [-0.15, -0.1) is 0 Å². The minimum Gasteiger partial charge on any atom is -0.389 e. The Kier molecular flexibility index (Phi) is 3.82. The Morgan fingerprint density at radius 1 is 1.24 bits per heavy atom. The summed E-state index contributed by atoms with van der Waals surface area (Å²) in [5.74, 6) is 0.385. The Morgan fingerprint density at radius 2 is 1.90 bits per heavy atom. The standard InChI is InChI=1S/C16H23N3O2/c1-15(2,20)8-7-11-5-6-13-12(9-11)18-14(17)19(13)10-16(3,4)21/h5-9,20-21H,10H2,1-4H3,(H2,17,18)/b8-7+. The number of hydrogen-bond donors (Lipinski definition) is 3. The Bertz CT molecular complexity index is 673. The van der Waals surface area contributed by atoms with E-state index in [9.17, 15) is 10.2 Å². The summed E-state index contributed by atoms with van der Waals surface area (Å²) in [5, 5.41) is 19.7. The van der Waals surface area contributed by atoms with Crippen LogP contribution in [0.25, 0.3) is 17.1 Å². The van der Waals surface area contributed by atoms with Crippen LogP contribution in [0.5, 0.6) is 0 Å². The van der Waals surface area contributed by atoms with Crippen molar-refractivity contribution in [3.63, 3.8) is 0 Å². The molecule has 0 radical (unpaired) electrons. The van der Waals surface area contributed by atoms with E-state index in [0.717, 1.165) is 16.6 Å². The first-order chi connectivity index (χ1) is 9.55. The summed E-state index contributed by atoms with van der Waals surface area (Å²) in [7, 11) is 0. The van der Waals surface area contributed by atoms with E-state index in [4.69, 9.17) is 5.73 Å². The monoisotopic (exact) mass is 289 g/mol. The zero-order valence-electron chi connectivity index (χ0n) is 13.0. The van der Waals surface area contributed by atoms with Crippen molar-refractivity contribution in [2.24, 2.45) is 0 Å². The predicted molar refractivity (Wildman–Crippen MR) is 85.8 cm³/mol. The number of anilines is 1. The number of nitrogen functional groups attached to an aromatic ring is 1. The van der Waals surface area contributed by atoms with Crippen molar-refractivity contribution >= 4 is 23.1 Å². The van der Waals surface area contributed by atoms with Crippen LogP contribution in [0, 0.1) is 0 Å². The first kappa shape index (κ1) is 15.5. The van der Waals surface area contributed by atoms with Crippen molar-refractivity contribution in [3.8, 4) is 0 Å². The fourth-order valence-electron chi connectivity index (χ4n) is 2.12. The average Bonchev–Trinajstić information content (AvgIpc) is 2.60. The summed E-state index contributed by atoms with van der Waals surface area (Å²) in [6, 6.07) is 5.77. The predicted octanol–water partition coefficient (Wildman–Crippen LogP) is 2.17. The molecule has 1 aromatic heterocycles. The molecule has 1 heterocycles. The Hall–Kier alpha value is -1.85. The summed E-state index contributed by atoms with van der Waals surface area (Å²) in [6.45, 7) is 7.29. The molecule has 114 valence electrons. The molecule has 0 saturated carbocycles. The molecule has 5 heteroatoms. The van der Waals surface area contributed by atoms with Gasteiger partial charge >= 0.3 is 0 Å². The fourth-order valence-corrected chi connectivity index (χ4v) is 2.12. The van der Waals surface area contributed by atoms with E-state index in [2.05, 4.69) is 4.98 Å². The quantitative estimate of drug-likeness (QED) is 0.805. The second-order valence-electron chi connectivity index (χ2n) is 6.60. The topological polar surface area (TPSA) is 84.3 Å². The van der Waals surface area contributed by atoms with Gasteiger partial charge in [0.05, 0.1) is 28.8 Å². The van der Waals surface area contributed by atoms with Gasteiger partial charge in [0.1, 0.15) is 0 Å². The number of aromatic nitrogens is 2. The Labute approximate surface area is 124 Å². The van der Waals surface area contributed by atoms with Gasteiger partial charge in [0, 0.05) is 0 Å². The Balaban J connectivity index is 2.40. The first-order valence-electron chi connectivity index (χ1n) is 6.95. The molecule has 1 aromatic carbocycles. The van der Waals surface area contributed by atoms with E-state index < -0.39 is 11.2 Å². The first-order valence-corrected chi connectivity index (χ1v) is 6.95. The van der Waals surface area contributed by atoms with Crippen molar-refractivity contribution in [1.82, 2.24) is 9.55 Å². The lowest BCUT2D eigenvalue weighted by Gasteiger charge is -2.19. The number of imidazole rings is 1. The molecule has 2 rings (SSSR count). The lowest BCUT2D eigenvalue weighted by atomic mass is 10.1. The van der Waals surface area contributed by atoms with Gasteiger partial charge in [-0.2, -0.15) is 0 Å². The maximum absolute atomic E-state index is 9.96. The van der Waals surface area contributed by atoms with Crippen LogP contribution in [0.15, 0.2) is 24.3 Å². The van der Waals surface area contributed by atoms with Crippen molar-refractivity contribution in [2.75, 3.05) is 5.73 Å². The molecular formula is C16H23N3O2. The van der Waals surface area contributed by atoms with Crippen LogP contribution in [-0.4, -0.2) is 31.0 Å². The SMILES string of the molecule is CC(C)(O)/C=C/c1ccc2c(c1)nc(N)n2CC(C)(C)O. The number of hydrogen-bond acceptors (Lipinski definition) is 4. The van der Waals surface area contributed by atoms with Crippen LogP contribution in [0.2, 0.25) is 0 Å². The number of nitrogens with two attached hydrogens (primary N) is 1. The summed E-state index contributed by atoms with van der Waals surface area (Å²) < 4.78 is 1.80. The van der Waals surface area contributed by atoms with Gasteiger partial charge in [-0.25, -0.2) is 4.98 Å². The highest BCUT2D eigenvalue weighted by molar-refractivity contribution is 5.81. The van der Waals surface area contributed by atoms with Crippen molar-refractivity contribution in [1.29, 1.82) is 0 Å². The van der Waals surface area contributed by atoms with Gasteiger partial charge in [-0.1, -0.05) is 18.2 Å². The van der Waals surface area contributed by atoms with Crippen LogP contribution in [0.3, 0.4) is 0 Å². The van der Waals surface area contributed by atoms with E-state index in [1.165, 1.54) is 0 Å². The molecule has 5 nitrogen and oxygen atoms in total. The van der Waals surface area contributed by atoms with Gasteiger partial charge < -0.3 is 20.5 Å². The fraction of sp³-hybridized carbons (Fsp3) is 0.438. The van der Waals surface area contributed by atoms with E-state index in [1.807, 2.05) is 24.3 Å². The molecule has 21 heavy (non-hydrogen) atoms. The lowest BCUT2D eigenvalue weighted by Crippen LogP contribution is -2.26. The maximum Gasteiger partial charge on any atom is 0.201 e. The molecule has 0 unspecified atom stereocenters. The molecule has 0 fully saturated rings. The highest BCUT2D eigenvalue weighted by atomic mass is 16.3. The minimum absolute atomic E-state index is 0.383. The molecule has 4 N–H and O–H groups in total. The molecule has 0 saturated heterocycles. The summed E-state index contributed by atoms with van der Waals surface area (Å²) in [6.07, 6.45) is 3.58. The third-order valence-corrected chi connectivity index (χ3v) is 3.03. The molecule has 0 amide bonds. The molecule has 0 atom stereocenters. The largest absolute Gasteiger partial charge is 0.389 e. The third kappa shape index (κ3) is 4.06. The van der Waals surface area contributed by atoms with Crippen LogP contribution in [-0.2, 0) is 6.54 Å². The van der Waals surface area contributed by atoms with Crippen molar-refractivity contribution < 1.29 is 10.2 Å². The number of nitrogens with zero attached hydrogens (tertiary/aromatic N) is 2. The van der Waals surface area contributed by atoms with Crippen molar-refractivity contribution in [3.05, 3.63) is 29.8 Å². The van der Waals surface area contributed by atoms with E-state index in [0.29, 0.717) is 12.5 Å². The molecule has 0 bridgehead atoms. The highest BCUT2D eigenvalue weighted by Crippen LogP contribution is 2.22. The van der Waals surface area contributed by atoms with Gasteiger partial charge in [-0.05, 0) is 45.4 Å². The smallest absolute Gasteiger partial charge is 0.201 e. The van der Waals surface area contributed by atoms with E-state index >= 15 is 0 Å². The maximum atomic E-state index is 9.96. The normalized spacial score (nSPS) is 13.4. The van der Waals surface area contributed by atoms with Gasteiger partial charge in [0.15, 0.2) is 0 Å². The molecule has 2 aromatic rings. The zero-order chi connectivity index (χ0) is 15.8. The molecule has 0 aliphatic carbocycles. The minimum atomic E-state index is -0.860. The lowest BCUT2D eigenvalue weighted by molar-refractivity contribution is 0.0633. The van der Waals surface area contributed by atoms with Gasteiger partial charge in [-0.3, -0.25) is 0 Å². The van der Waals surface area contributed by atoms with E-state index in [1.54, 1.807) is 38.3 Å². The molecule has 0 aliphatic heterocycles. The molecule has 0 aliphatic rings. The van der Waals surface area contributed by atoms with Gasteiger partial charge in [0.25, 0.3) is 0 Å². The second-order valence-corrected chi connectivity index (χ2v) is 6.60. The highest BCUT2D eigenvalue weighted by Gasteiger charge is 2.18. The average molecular weight is 289 g/mol. The number of rotatable bonds is 4. The van der Waals surface area contributed by atoms with Crippen LogP contribution in [0.1, 0.15) is 33.3 Å². The zero-order valence-corrected chi connectivity index (χ0v) is 13.0. The van der Waals surface area contributed by atoms with Crippen LogP contribution >= 0.6 is 0 Å². The third-order valence-electron chi connectivity index (χ3n) is 3.03. The number of benzene rings is 1. The van der Waals surface area contributed by atoms with Crippen LogP contribution < -0.4 is 5.73 Å². The summed E-state index contributed by atoms with van der Waals surface area (Å²) in [4.78, 5) is 4.34. The van der Waals surface area contributed by atoms with Crippen molar-refractivity contribution in [2.45, 2.75) is 45.4 Å². The van der Waals surface area contributed by atoms with E-state index in [-0.39, 0.29) is 0 Å². The summed E-state index contributed by atoms with van der Waals surface area (Å²) >= 11 is 0. The number of fused-ring (bicyclic) bond motifs is 1. The molecule has 0 spiro atoms.